The molecule has 0 spiro atoms. The third-order valence-corrected chi connectivity index (χ3v) is 59.5. The summed E-state index contributed by atoms with van der Waals surface area (Å²) in [5, 5.41) is 0. The van der Waals surface area contributed by atoms with Crippen molar-refractivity contribution >= 4 is 122 Å². The maximum atomic E-state index is 13.7. The van der Waals surface area contributed by atoms with Crippen molar-refractivity contribution in [2.24, 2.45) is 0 Å². The highest BCUT2D eigenvalue weighted by molar-refractivity contribution is 8.06. The number of hydrogen-bond acceptors (Lipinski definition) is 20. The van der Waals surface area contributed by atoms with E-state index in [1.165, 1.54) is 0 Å². The third kappa shape index (κ3) is 11.5. The van der Waals surface area contributed by atoms with Gasteiger partial charge in [0.1, 0.15) is 0 Å². The van der Waals surface area contributed by atoms with Crippen LogP contribution in [-0.4, -0.2) is 155 Å². The van der Waals surface area contributed by atoms with Gasteiger partial charge in [0, 0.05) is 12.1 Å². The first-order valence-corrected chi connectivity index (χ1v) is 41.0. The van der Waals surface area contributed by atoms with Crippen LogP contribution in [0.2, 0.25) is 0 Å². The van der Waals surface area contributed by atoms with E-state index in [0.717, 1.165) is 0 Å². The van der Waals surface area contributed by atoms with Gasteiger partial charge in [-0.2, -0.15) is 0 Å². The maximum Gasteiger partial charge on any atom is 0.420 e. The van der Waals surface area contributed by atoms with Crippen LogP contribution in [0, 0.1) is 0 Å². The van der Waals surface area contributed by atoms with E-state index in [0.29, 0.717) is 0 Å². The molecule has 28 N–H and O–H groups in total. The molecule has 0 saturated carbocycles. The third-order valence-electron chi connectivity index (χ3n) is 8.10. The lowest BCUT2D eigenvalue weighted by molar-refractivity contribution is 0.282. The minimum Gasteiger partial charge on any atom is -0.419 e. The summed E-state index contributed by atoms with van der Waals surface area (Å²) < 4.78 is 194. The Labute approximate surface area is 401 Å². The summed E-state index contributed by atoms with van der Waals surface area (Å²) in [6.07, 6.45) is 0. The van der Waals surface area contributed by atoms with Crippen LogP contribution >= 0.6 is 122 Å². The van der Waals surface area contributed by atoms with E-state index in [-0.39, 0.29) is 0 Å². The van der Waals surface area contributed by atoms with Crippen molar-refractivity contribution in [3.63, 3.8) is 0 Å². The molecule has 1 rings (SSSR count). The standard InChI is InChI=1S/C10H30O48P16/c11-59(12,13)7(60(14,15)16,61(17,18)19)71(47,48)55-3-1-4(56-72(49,50)8(62(20,21)22,63(23,24)25)64(26,27)28)6(58-74(53,54)10(68(38,39)40,69(41,42)43)70(44,45)46)2-5(3)57-73(51,52)9(65(29,30)31,66(32,33)34)67(35,36)37/h1-2H,(H,47,48)(H,49,50)(H,51,52)(H,53,54)(H2,11,12,13)(H2,14,15,16)(H2,17,18,19)(H2,20,21,22)(H2,23,24,25)(H2,26,27,28)(H2,29,30,31)(H2,32,33,34)(H2,35,36,37)(H2,38,39,40)(H2,41,42,43)(H2,44,45,46). The molecule has 438 valence electrons. The summed E-state index contributed by atoms with van der Waals surface area (Å²) in [6.45, 7) is 0. The van der Waals surface area contributed by atoms with Crippen molar-refractivity contribution in [1.82, 2.24) is 0 Å². The summed E-state index contributed by atoms with van der Waals surface area (Å²) in [5.74, 6) is -13.7. The van der Waals surface area contributed by atoms with Crippen molar-refractivity contribution in [3.8, 4) is 23.0 Å². The van der Waals surface area contributed by atoms with Crippen LogP contribution in [0.25, 0.3) is 0 Å². The molecular formula is C10H30O48P16. The summed E-state index contributed by atoms with van der Waals surface area (Å²) in [5.41, 5.74) is 0. The molecule has 0 heterocycles. The topological polar surface area (TPSA) is 876 Å². The summed E-state index contributed by atoms with van der Waals surface area (Å²) in [4.78, 5) is 277. The van der Waals surface area contributed by atoms with Gasteiger partial charge in [-0.1, -0.05) is 0 Å². The molecule has 0 radical (unpaired) electrons. The molecule has 74 heavy (non-hydrogen) atoms. The second-order valence-electron chi connectivity index (χ2n) is 13.1. The Kier molecular flexibility index (Phi) is 20.1. The van der Waals surface area contributed by atoms with Crippen molar-refractivity contribution < 1.29 is 228 Å². The van der Waals surface area contributed by atoms with E-state index < -0.39 is 174 Å². The van der Waals surface area contributed by atoms with Gasteiger partial charge < -0.3 is 155 Å². The molecule has 4 unspecified atom stereocenters. The summed E-state index contributed by atoms with van der Waals surface area (Å²) >= 11 is 0. The van der Waals surface area contributed by atoms with Crippen molar-refractivity contribution in [3.05, 3.63) is 12.1 Å². The van der Waals surface area contributed by atoms with E-state index in [2.05, 4.69) is 18.1 Å². The van der Waals surface area contributed by atoms with E-state index in [9.17, 15) is 210 Å². The van der Waals surface area contributed by atoms with Crippen LogP contribution in [0.1, 0.15) is 0 Å². The fraction of sp³-hybridized carbons (Fsp3) is 0.400. The zero-order valence-corrected chi connectivity index (χ0v) is 47.3. The Bertz CT molecular complexity index is 2600. The van der Waals surface area contributed by atoms with Crippen LogP contribution in [0.4, 0.5) is 0 Å². The zero-order chi connectivity index (χ0) is 60.6. The average molecular weight is 1410 g/mol. The highest BCUT2D eigenvalue weighted by Crippen LogP contribution is 2.99. The number of benzene rings is 1. The first-order chi connectivity index (χ1) is 31.3. The van der Waals surface area contributed by atoms with Crippen LogP contribution in [0.5, 0.6) is 23.0 Å². The normalized spacial score (nSPS) is 18.8. The highest BCUT2D eigenvalue weighted by Gasteiger charge is 2.88. The van der Waals surface area contributed by atoms with Gasteiger partial charge in [-0.05, 0) is 0 Å². The lowest BCUT2D eigenvalue weighted by Crippen LogP contribution is -2.32. The predicted octanol–water partition coefficient (Wildman–Crippen LogP) is -3.48. The Balaban J connectivity index is 5.65. The van der Waals surface area contributed by atoms with Gasteiger partial charge in [0.2, 0.25) is 0 Å². The molecule has 0 bridgehead atoms. The van der Waals surface area contributed by atoms with Gasteiger partial charge in [0.05, 0.1) is 0 Å². The maximum absolute atomic E-state index is 13.7. The molecular weight excluding hydrogens is 1380 g/mol. The van der Waals surface area contributed by atoms with Crippen molar-refractivity contribution in [2.45, 2.75) is 17.5 Å². The van der Waals surface area contributed by atoms with E-state index in [4.69, 9.17) is 0 Å². The van der Waals surface area contributed by atoms with Gasteiger partial charge in [-0.3, -0.25) is 54.8 Å². The van der Waals surface area contributed by atoms with Gasteiger partial charge in [-0.25, -0.2) is 18.3 Å². The second-order valence-corrected chi connectivity index (χ2v) is 50.3. The smallest absolute Gasteiger partial charge is 0.419 e. The lowest BCUT2D eigenvalue weighted by atomic mass is 10.3. The average Bonchev–Trinajstić information content (AvgIpc) is 2.92. The second kappa shape index (κ2) is 20.4. The molecule has 0 aliphatic heterocycles. The van der Waals surface area contributed by atoms with Crippen LogP contribution in [-0.2, 0) is 73.0 Å². The molecule has 0 aliphatic carbocycles. The van der Waals surface area contributed by atoms with Gasteiger partial charge in [-0.15, -0.1) is 0 Å². The first kappa shape index (κ1) is 73.0. The minimum atomic E-state index is -8.60. The first-order valence-electron chi connectivity index (χ1n) is 15.3. The Morgan fingerprint density at radius 1 is 0.203 bits per heavy atom. The Hall–Kier alpha value is 0.980. The number of rotatable bonds is 24. The predicted molar refractivity (Wildman–Crippen MR) is 224 cm³/mol. The van der Waals surface area contributed by atoms with Crippen LogP contribution < -0.4 is 18.1 Å². The molecule has 48 nitrogen and oxygen atoms in total. The van der Waals surface area contributed by atoms with Gasteiger partial charge >= 0.3 is 139 Å². The highest BCUT2D eigenvalue weighted by atomic mass is 31.4. The number of hydrogen-bond donors (Lipinski definition) is 28. The molecule has 0 saturated heterocycles. The van der Waals surface area contributed by atoms with Gasteiger partial charge in [0.15, 0.2) is 23.0 Å². The van der Waals surface area contributed by atoms with Crippen LogP contribution in [0.15, 0.2) is 12.1 Å². The van der Waals surface area contributed by atoms with Gasteiger partial charge in [0.25, 0.3) is 0 Å². The fourth-order valence-electron chi connectivity index (χ4n) is 5.60. The molecule has 0 amide bonds. The molecule has 1 aromatic rings. The largest absolute Gasteiger partial charge is 0.420 e. The molecule has 0 fully saturated rings. The molecule has 0 aliphatic rings. The molecule has 64 heteroatoms. The SMILES string of the molecule is O=P(O)(O)C(P(=O)(O)O)(P(=O)(O)O)P(=O)(O)Oc1cc(OP(=O)(O)C(P(=O)(O)O)(P(=O)(O)O)P(=O)(O)O)c(OP(=O)(O)C(P(=O)(O)O)(P(=O)(O)O)P(=O)(O)O)cc1OP(=O)(O)C(P(=O)(O)O)(P(=O)(O)O)P(=O)(O)O. The monoisotopic (exact) mass is 1410 g/mol. The van der Waals surface area contributed by atoms with Crippen LogP contribution in [0.3, 0.4) is 0 Å². The van der Waals surface area contributed by atoms with Crippen molar-refractivity contribution in [1.29, 1.82) is 0 Å². The van der Waals surface area contributed by atoms with Crippen molar-refractivity contribution in [2.75, 3.05) is 0 Å². The molecule has 4 atom stereocenters. The Morgan fingerprint density at radius 3 is 0.351 bits per heavy atom. The minimum absolute atomic E-state index is 1.62. The zero-order valence-electron chi connectivity index (χ0n) is 33.0. The summed E-state index contributed by atoms with van der Waals surface area (Å²) in [6, 6.07) is -3.24. The summed E-state index contributed by atoms with van der Waals surface area (Å²) in [7, 11) is -132. The molecule has 0 aromatic heterocycles. The molecule has 1 aromatic carbocycles. The quantitative estimate of drug-likeness (QED) is 0.0447. The van der Waals surface area contributed by atoms with E-state index in [1.807, 2.05) is 0 Å². The van der Waals surface area contributed by atoms with E-state index >= 15 is 0 Å². The fourth-order valence-corrected chi connectivity index (χ4v) is 41.3. The van der Waals surface area contributed by atoms with E-state index in [1.54, 1.807) is 0 Å². The Morgan fingerprint density at radius 2 is 0.284 bits per heavy atom. The lowest BCUT2D eigenvalue weighted by Gasteiger charge is -2.38.